The molecule has 216 valence electrons. The monoisotopic (exact) mass is 590 g/mol. The topological polar surface area (TPSA) is 36.3 Å². The molecule has 1 spiro atoms. The van der Waals surface area contributed by atoms with Gasteiger partial charge in [0.05, 0.1) is 22.6 Å². The SMILES string of the molecule is c1ccc(-c2ccc3c(c2)Oc2ccccc2C32c3ccccc3Oc3cc(-n4c5ccccc5c5ccncc54)ccc32)cc1. The van der Waals surface area contributed by atoms with Crippen molar-refractivity contribution >= 4 is 21.8 Å². The molecule has 2 aromatic heterocycles. The number of rotatable bonds is 2. The minimum Gasteiger partial charge on any atom is -0.457 e. The summed E-state index contributed by atoms with van der Waals surface area (Å²) in [5.74, 6) is 3.35. The summed E-state index contributed by atoms with van der Waals surface area (Å²) >= 11 is 0. The maximum absolute atomic E-state index is 6.82. The van der Waals surface area contributed by atoms with Crippen molar-refractivity contribution in [3.63, 3.8) is 0 Å². The highest BCUT2D eigenvalue weighted by atomic mass is 16.5. The summed E-state index contributed by atoms with van der Waals surface area (Å²) in [4.78, 5) is 4.49. The lowest BCUT2D eigenvalue weighted by Gasteiger charge is -2.45. The molecule has 0 radical (unpaired) electrons. The molecule has 4 heterocycles. The zero-order chi connectivity index (χ0) is 30.2. The van der Waals surface area contributed by atoms with Crippen molar-refractivity contribution in [2.24, 2.45) is 0 Å². The fourth-order valence-electron chi connectivity index (χ4n) is 7.71. The molecule has 0 saturated heterocycles. The van der Waals surface area contributed by atoms with Gasteiger partial charge in [-0.2, -0.15) is 0 Å². The number of pyridine rings is 1. The molecule has 0 saturated carbocycles. The van der Waals surface area contributed by atoms with E-state index in [1.807, 2.05) is 30.6 Å². The van der Waals surface area contributed by atoms with Crippen molar-refractivity contribution in [1.82, 2.24) is 9.55 Å². The van der Waals surface area contributed by atoms with E-state index in [-0.39, 0.29) is 0 Å². The van der Waals surface area contributed by atoms with Crippen molar-refractivity contribution in [1.29, 1.82) is 0 Å². The van der Waals surface area contributed by atoms with Crippen molar-refractivity contribution in [3.8, 4) is 39.8 Å². The summed E-state index contributed by atoms with van der Waals surface area (Å²) < 4.78 is 15.8. The highest BCUT2D eigenvalue weighted by Crippen LogP contribution is 2.61. The molecular formula is C42H26N2O2. The summed E-state index contributed by atoms with van der Waals surface area (Å²) in [6.07, 6.45) is 3.81. The lowest BCUT2D eigenvalue weighted by Crippen LogP contribution is -2.36. The molecule has 6 aromatic carbocycles. The number of aromatic nitrogens is 2. The van der Waals surface area contributed by atoms with Gasteiger partial charge in [0.25, 0.3) is 0 Å². The number of ether oxygens (including phenoxy) is 2. The van der Waals surface area contributed by atoms with Crippen LogP contribution in [0.4, 0.5) is 0 Å². The van der Waals surface area contributed by atoms with E-state index in [4.69, 9.17) is 9.47 Å². The van der Waals surface area contributed by atoms with Gasteiger partial charge in [-0.3, -0.25) is 4.98 Å². The summed E-state index contributed by atoms with van der Waals surface area (Å²) in [5.41, 5.74) is 9.20. The predicted octanol–water partition coefficient (Wildman–Crippen LogP) is 10.4. The van der Waals surface area contributed by atoms with Gasteiger partial charge in [-0.1, -0.05) is 103 Å². The molecule has 1 atom stereocenters. The van der Waals surface area contributed by atoms with E-state index in [0.717, 1.165) is 73.1 Å². The zero-order valence-corrected chi connectivity index (χ0v) is 24.7. The van der Waals surface area contributed by atoms with Crippen LogP contribution in [0, 0.1) is 0 Å². The normalized spacial score (nSPS) is 15.8. The fourth-order valence-corrected chi connectivity index (χ4v) is 7.71. The smallest absolute Gasteiger partial charge is 0.134 e. The number of hydrogen-bond donors (Lipinski definition) is 0. The Labute approximate surface area is 265 Å². The van der Waals surface area contributed by atoms with Crippen molar-refractivity contribution in [2.45, 2.75) is 5.41 Å². The highest BCUT2D eigenvalue weighted by Gasteiger charge is 2.50. The highest BCUT2D eigenvalue weighted by molar-refractivity contribution is 6.09. The van der Waals surface area contributed by atoms with E-state index >= 15 is 0 Å². The summed E-state index contributed by atoms with van der Waals surface area (Å²) in [5, 5.41) is 2.37. The summed E-state index contributed by atoms with van der Waals surface area (Å²) in [7, 11) is 0. The first-order valence-electron chi connectivity index (χ1n) is 15.5. The van der Waals surface area contributed by atoms with Gasteiger partial charge in [0.2, 0.25) is 0 Å². The van der Waals surface area contributed by atoms with Crippen LogP contribution in [0.1, 0.15) is 22.3 Å². The van der Waals surface area contributed by atoms with Gasteiger partial charge in [0.15, 0.2) is 0 Å². The Balaban J connectivity index is 1.27. The van der Waals surface area contributed by atoms with Crippen LogP contribution in [-0.2, 0) is 5.41 Å². The molecule has 10 rings (SSSR count). The Morgan fingerprint density at radius 3 is 1.85 bits per heavy atom. The Morgan fingerprint density at radius 1 is 0.457 bits per heavy atom. The van der Waals surface area contributed by atoms with Gasteiger partial charge in [0.1, 0.15) is 23.0 Å². The van der Waals surface area contributed by atoms with Crippen LogP contribution in [0.3, 0.4) is 0 Å². The quantitative estimate of drug-likeness (QED) is 0.201. The first-order valence-corrected chi connectivity index (χ1v) is 15.5. The molecule has 4 nitrogen and oxygen atoms in total. The van der Waals surface area contributed by atoms with Crippen LogP contribution in [0.2, 0.25) is 0 Å². The molecule has 0 aliphatic carbocycles. The maximum Gasteiger partial charge on any atom is 0.134 e. The van der Waals surface area contributed by atoms with Gasteiger partial charge < -0.3 is 14.0 Å². The Hall–Kier alpha value is -6.13. The van der Waals surface area contributed by atoms with Gasteiger partial charge in [-0.25, -0.2) is 0 Å². The standard InChI is InChI=1S/C42H26N2O2/c1-2-10-27(11-3-1)28-18-20-34-40(24-28)45-38-16-8-5-13-32(38)42(34)33-14-6-9-17-39(33)46-41-25-29(19-21-35(41)42)44-36-15-7-4-12-30(36)31-22-23-43-26-37(31)44/h1-26H. The maximum atomic E-state index is 6.82. The van der Waals surface area contributed by atoms with Crippen LogP contribution in [0.15, 0.2) is 158 Å². The third-order valence-electron chi connectivity index (χ3n) is 9.62. The third-order valence-corrected chi connectivity index (χ3v) is 9.62. The second-order valence-corrected chi connectivity index (χ2v) is 11.9. The fraction of sp³-hybridized carbons (Fsp3) is 0.0238. The Bertz CT molecular complexity index is 2430. The average molecular weight is 591 g/mol. The van der Waals surface area contributed by atoms with Gasteiger partial charge >= 0.3 is 0 Å². The first kappa shape index (κ1) is 25.2. The lowest BCUT2D eigenvalue weighted by atomic mass is 9.62. The number of benzene rings is 6. The molecule has 4 heteroatoms. The van der Waals surface area contributed by atoms with Gasteiger partial charge in [0, 0.05) is 51.0 Å². The Morgan fingerprint density at radius 2 is 1.07 bits per heavy atom. The number of para-hydroxylation sites is 3. The van der Waals surface area contributed by atoms with Crippen LogP contribution >= 0.6 is 0 Å². The van der Waals surface area contributed by atoms with E-state index in [1.165, 1.54) is 10.8 Å². The number of fused-ring (bicyclic) bond motifs is 11. The lowest BCUT2D eigenvalue weighted by molar-refractivity contribution is 0.399. The largest absolute Gasteiger partial charge is 0.457 e. The number of hydrogen-bond acceptors (Lipinski definition) is 3. The predicted molar refractivity (Wildman–Crippen MR) is 182 cm³/mol. The van der Waals surface area contributed by atoms with Crippen LogP contribution in [0.5, 0.6) is 23.0 Å². The molecule has 2 aliphatic heterocycles. The molecular weight excluding hydrogens is 564 g/mol. The van der Waals surface area contributed by atoms with Crippen molar-refractivity contribution < 1.29 is 9.47 Å². The van der Waals surface area contributed by atoms with E-state index in [0.29, 0.717) is 0 Å². The van der Waals surface area contributed by atoms with Crippen LogP contribution in [-0.4, -0.2) is 9.55 Å². The van der Waals surface area contributed by atoms with Crippen LogP contribution in [0.25, 0.3) is 38.6 Å². The zero-order valence-electron chi connectivity index (χ0n) is 24.7. The summed E-state index contributed by atoms with van der Waals surface area (Å²) in [6.45, 7) is 0. The van der Waals surface area contributed by atoms with E-state index < -0.39 is 5.41 Å². The molecule has 0 bridgehead atoms. The molecule has 0 amide bonds. The molecule has 0 fully saturated rings. The average Bonchev–Trinajstić information content (AvgIpc) is 3.46. The number of nitrogens with zero attached hydrogens (tertiary/aromatic N) is 2. The van der Waals surface area contributed by atoms with E-state index in [2.05, 4.69) is 137 Å². The molecule has 46 heavy (non-hydrogen) atoms. The molecule has 1 unspecified atom stereocenters. The second kappa shape index (κ2) is 9.43. The second-order valence-electron chi connectivity index (χ2n) is 11.9. The minimum absolute atomic E-state index is 0.648. The molecule has 2 aliphatic rings. The van der Waals surface area contributed by atoms with E-state index in [1.54, 1.807) is 0 Å². The minimum atomic E-state index is -0.648. The van der Waals surface area contributed by atoms with Crippen molar-refractivity contribution in [3.05, 3.63) is 180 Å². The summed E-state index contributed by atoms with van der Waals surface area (Å²) in [6, 6.07) is 51.2. The molecule has 8 aromatic rings. The van der Waals surface area contributed by atoms with Crippen LogP contribution < -0.4 is 9.47 Å². The van der Waals surface area contributed by atoms with Gasteiger partial charge in [-0.15, -0.1) is 0 Å². The van der Waals surface area contributed by atoms with Crippen molar-refractivity contribution in [2.75, 3.05) is 0 Å². The first-order chi connectivity index (χ1) is 22.8. The van der Waals surface area contributed by atoms with E-state index in [9.17, 15) is 0 Å². The molecule has 0 N–H and O–H groups in total. The van der Waals surface area contributed by atoms with Gasteiger partial charge in [-0.05, 0) is 47.5 Å². The third kappa shape index (κ3) is 3.36. The Kier molecular flexibility index (Phi) is 5.17.